The molecule has 0 aliphatic rings. The summed E-state index contributed by atoms with van der Waals surface area (Å²) in [5.74, 6) is 0. The molecule has 0 spiro atoms. The van der Waals surface area contributed by atoms with E-state index in [0.29, 0.717) is 11.2 Å². The summed E-state index contributed by atoms with van der Waals surface area (Å²) >= 11 is 0. The number of hydrogen-bond acceptors (Lipinski definition) is 4. The predicted molar refractivity (Wildman–Crippen MR) is 48.0 cm³/mol. The van der Waals surface area contributed by atoms with Crippen LogP contribution in [0, 0.1) is 10.1 Å². The lowest BCUT2D eigenvalue weighted by molar-refractivity contribution is -0.385. The van der Waals surface area contributed by atoms with Crippen LogP contribution in [0.2, 0.25) is 0 Å². The van der Waals surface area contributed by atoms with E-state index in [1.807, 2.05) is 0 Å². The zero-order valence-electron chi connectivity index (χ0n) is 7.22. The molecule has 0 radical (unpaired) electrons. The lowest BCUT2D eigenvalue weighted by Crippen LogP contribution is -2.12. The van der Waals surface area contributed by atoms with Gasteiger partial charge in [-0.1, -0.05) is 0 Å². The van der Waals surface area contributed by atoms with E-state index in [4.69, 9.17) is 0 Å². The molecule has 7 nitrogen and oxygen atoms in total. The highest BCUT2D eigenvalue weighted by Crippen LogP contribution is 2.14. The Hall–Kier alpha value is -2.18. The third-order valence-corrected chi connectivity index (χ3v) is 1.93. The number of pyridine rings is 1. The minimum atomic E-state index is -0.558. The average Bonchev–Trinajstić information content (AvgIpc) is 2.42. The number of rotatable bonds is 1. The molecule has 0 aromatic carbocycles. The maximum absolute atomic E-state index is 11.1. The molecule has 7 heteroatoms. The summed E-state index contributed by atoms with van der Waals surface area (Å²) < 4.78 is 1.29. The normalized spacial score (nSPS) is 10.6. The SMILES string of the molecule is Cn1c(=O)[nH]c2cc([N+](=O)[O-])cnc21. The first kappa shape index (κ1) is 8.42. The maximum atomic E-state index is 11.1. The number of fused-ring (bicyclic) bond motifs is 1. The van der Waals surface area contributed by atoms with E-state index in [1.165, 1.54) is 10.6 Å². The summed E-state index contributed by atoms with van der Waals surface area (Å²) in [6.45, 7) is 0. The van der Waals surface area contributed by atoms with Crippen molar-refractivity contribution in [3.63, 3.8) is 0 Å². The molecule has 72 valence electrons. The third-order valence-electron chi connectivity index (χ3n) is 1.93. The van der Waals surface area contributed by atoms with Gasteiger partial charge in [-0.05, 0) is 0 Å². The van der Waals surface area contributed by atoms with Crippen LogP contribution in [0.1, 0.15) is 0 Å². The van der Waals surface area contributed by atoms with Gasteiger partial charge in [0.1, 0.15) is 6.20 Å². The van der Waals surface area contributed by atoms with E-state index in [2.05, 4.69) is 9.97 Å². The van der Waals surface area contributed by atoms with Crippen molar-refractivity contribution in [3.05, 3.63) is 32.9 Å². The number of H-pyrrole nitrogens is 1. The Bertz CT molecular complexity index is 568. The molecule has 0 fully saturated rings. The van der Waals surface area contributed by atoms with Crippen LogP contribution < -0.4 is 5.69 Å². The second-order valence-electron chi connectivity index (χ2n) is 2.81. The second-order valence-corrected chi connectivity index (χ2v) is 2.81. The van der Waals surface area contributed by atoms with E-state index in [-0.39, 0.29) is 11.4 Å². The molecule has 0 bridgehead atoms. The van der Waals surface area contributed by atoms with E-state index < -0.39 is 4.92 Å². The number of nitrogens with one attached hydrogen (secondary N) is 1. The number of nitro groups is 1. The van der Waals surface area contributed by atoms with Crippen LogP contribution in [0.3, 0.4) is 0 Å². The largest absolute Gasteiger partial charge is 0.327 e. The molecule has 2 aromatic rings. The van der Waals surface area contributed by atoms with Crippen LogP contribution in [-0.4, -0.2) is 19.5 Å². The Morgan fingerprint density at radius 1 is 1.64 bits per heavy atom. The first-order valence-electron chi connectivity index (χ1n) is 3.79. The molecule has 1 N–H and O–H groups in total. The van der Waals surface area contributed by atoms with Crippen molar-refractivity contribution in [2.45, 2.75) is 0 Å². The van der Waals surface area contributed by atoms with Gasteiger partial charge in [-0.25, -0.2) is 9.78 Å². The summed E-state index contributed by atoms with van der Waals surface area (Å²) in [5.41, 5.74) is 0.291. The van der Waals surface area contributed by atoms with E-state index in [0.717, 1.165) is 6.20 Å². The summed E-state index contributed by atoms with van der Waals surface area (Å²) in [6.07, 6.45) is 1.12. The fraction of sp³-hybridized carbons (Fsp3) is 0.143. The van der Waals surface area contributed by atoms with Crippen molar-refractivity contribution >= 4 is 16.9 Å². The first-order valence-corrected chi connectivity index (χ1v) is 3.79. The Morgan fingerprint density at radius 3 is 3.00 bits per heavy atom. The second kappa shape index (κ2) is 2.66. The zero-order chi connectivity index (χ0) is 10.3. The Balaban J connectivity index is 2.80. The van der Waals surface area contributed by atoms with Gasteiger partial charge in [0.15, 0.2) is 5.65 Å². The smallest absolute Gasteiger partial charge is 0.304 e. The number of aromatic nitrogens is 3. The van der Waals surface area contributed by atoms with Gasteiger partial charge in [-0.3, -0.25) is 14.7 Å². The van der Waals surface area contributed by atoms with E-state index in [9.17, 15) is 14.9 Å². The first-order chi connectivity index (χ1) is 6.59. The van der Waals surface area contributed by atoms with Crippen molar-refractivity contribution in [2.24, 2.45) is 7.05 Å². The molecule has 2 aromatic heterocycles. The minimum Gasteiger partial charge on any atom is -0.304 e. The Labute approximate surface area is 77.2 Å². The lowest BCUT2D eigenvalue weighted by Gasteiger charge is -1.92. The number of hydrogen-bond donors (Lipinski definition) is 1. The standard InChI is InChI=1S/C7H6N4O3/c1-10-6-5(9-7(10)12)2-4(3-8-6)11(13)14/h2-3H,1H3,(H,9,12). The molecule has 2 heterocycles. The van der Waals surface area contributed by atoms with Crippen LogP contribution in [-0.2, 0) is 7.05 Å². The van der Waals surface area contributed by atoms with Gasteiger partial charge in [-0.15, -0.1) is 0 Å². The highest BCUT2D eigenvalue weighted by Gasteiger charge is 2.10. The fourth-order valence-electron chi connectivity index (χ4n) is 1.20. The number of nitrogens with zero attached hydrogens (tertiary/aromatic N) is 3. The third kappa shape index (κ3) is 1.06. The van der Waals surface area contributed by atoms with Gasteiger partial charge in [0, 0.05) is 13.1 Å². The van der Waals surface area contributed by atoms with Crippen molar-refractivity contribution in [1.82, 2.24) is 14.5 Å². The maximum Gasteiger partial charge on any atom is 0.327 e. The average molecular weight is 194 g/mol. The van der Waals surface area contributed by atoms with Crippen LogP contribution in [0.5, 0.6) is 0 Å². The molecule has 0 atom stereocenters. The molecule has 0 amide bonds. The molecule has 0 unspecified atom stereocenters. The highest BCUT2D eigenvalue weighted by molar-refractivity contribution is 5.72. The number of aromatic amines is 1. The van der Waals surface area contributed by atoms with Gasteiger partial charge in [0.2, 0.25) is 0 Å². The minimum absolute atomic E-state index is 0.139. The monoisotopic (exact) mass is 194 g/mol. The molecule has 0 saturated carbocycles. The van der Waals surface area contributed by atoms with Crippen molar-refractivity contribution in [1.29, 1.82) is 0 Å². The Morgan fingerprint density at radius 2 is 2.36 bits per heavy atom. The molecule has 0 saturated heterocycles. The molecule has 2 rings (SSSR count). The topological polar surface area (TPSA) is 93.8 Å². The number of imidazole rings is 1. The Kier molecular flexibility index (Phi) is 1.60. The molecule has 0 aliphatic carbocycles. The molecular weight excluding hydrogens is 188 g/mol. The van der Waals surface area contributed by atoms with Crippen LogP contribution in [0.4, 0.5) is 5.69 Å². The molecule has 0 aliphatic heterocycles. The van der Waals surface area contributed by atoms with Crippen LogP contribution in [0.25, 0.3) is 11.2 Å². The van der Waals surface area contributed by atoms with Crippen LogP contribution >= 0.6 is 0 Å². The molecular formula is C7H6N4O3. The molecule has 14 heavy (non-hydrogen) atoms. The van der Waals surface area contributed by atoms with Crippen molar-refractivity contribution in [2.75, 3.05) is 0 Å². The van der Waals surface area contributed by atoms with E-state index in [1.54, 1.807) is 7.05 Å². The van der Waals surface area contributed by atoms with Crippen molar-refractivity contribution < 1.29 is 4.92 Å². The zero-order valence-corrected chi connectivity index (χ0v) is 7.22. The summed E-state index contributed by atoms with van der Waals surface area (Å²) in [4.78, 5) is 27.2. The fourth-order valence-corrected chi connectivity index (χ4v) is 1.20. The lowest BCUT2D eigenvalue weighted by atomic mass is 10.4. The summed E-state index contributed by atoms with van der Waals surface area (Å²) in [6, 6.07) is 1.28. The van der Waals surface area contributed by atoms with Gasteiger partial charge in [-0.2, -0.15) is 0 Å². The van der Waals surface area contributed by atoms with Gasteiger partial charge >= 0.3 is 5.69 Å². The van der Waals surface area contributed by atoms with E-state index >= 15 is 0 Å². The van der Waals surface area contributed by atoms with Gasteiger partial charge in [0.25, 0.3) is 5.69 Å². The van der Waals surface area contributed by atoms with Crippen molar-refractivity contribution in [3.8, 4) is 0 Å². The van der Waals surface area contributed by atoms with Gasteiger partial charge in [0.05, 0.1) is 10.4 Å². The summed E-state index contributed by atoms with van der Waals surface area (Å²) in [7, 11) is 1.54. The number of aryl methyl sites for hydroxylation is 1. The van der Waals surface area contributed by atoms with Gasteiger partial charge < -0.3 is 4.98 Å². The summed E-state index contributed by atoms with van der Waals surface area (Å²) in [5, 5.41) is 10.4. The predicted octanol–water partition coefficient (Wildman–Crippen LogP) is 0.170. The highest BCUT2D eigenvalue weighted by atomic mass is 16.6. The van der Waals surface area contributed by atoms with Crippen LogP contribution in [0.15, 0.2) is 17.1 Å². The quantitative estimate of drug-likeness (QED) is 0.517.